The van der Waals surface area contributed by atoms with Gasteiger partial charge in [-0.25, -0.2) is 0 Å². The maximum Gasteiger partial charge on any atom is 0.322 e. The average molecular weight is 229 g/mol. The number of hydrogen-bond donors (Lipinski definition) is 1. The van der Waals surface area contributed by atoms with Gasteiger partial charge in [-0.05, 0) is 37.3 Å². The molecule has 5 nitrogen and oxygen atoms in total. The summed E-state index contributed by atoms with van der Waals surface area (Å²) >= 11 is 5.73. The fourth-order valence-corrected chi connectivity index (χ4v) is 1.56. The number of hydrogen-bond acceptors (Lipinski definition) is 5. The number of ether oxygens (including phenoxy) is 1. The van der Waals surface area contributed by atoms with E-state index >= 15 is 0 Å². The van der Waals surface area contributed by atoms with E-state index in [9.17, 15) is 0 Å². The molecule has 0 saturated heterocycles. The summed E-state index contributed by atoms with van der Waals surface area (Å²) < 4.78 is 4.91. The lowest BCUT2D eigenvalue weighted by atomic mass is 10.2. The maximum absolute atomic E-state index is 5.73. The second-order valence-corrected chi connectivity index (χ2v) is 4.02. The van der Waals surface area contributed by atoms with Crippen LogP contribution in [-0.2, 0) is 0 Å². The molecule has 0 amide bonds. The maximum atomic E-state index is 5.73. The molecule has 82 valence electrons. The highest BCUT2D eigenvalue weighted by Crippen LogP contribution is 2.33. The van der Waals surface area contributed by atoms with Crippen molar-refractivity contribution in [2.45, 2.75) is 25.8 Å². The Hall–Kier alpha value is -1.10. The Morgan fingerprint density at radius 1 is 1.40 bits per heavy atom. The molecule has 0 aromatic carbocycles. The van der Waals surface area contributed by atoms with Crippen molar-refractivity contribution in [3.8, 4) is 6.01 Å². The molecule has 1 atom stereocenters. The molecule has 1 aromatic heterocycles. The first-order valence-corrected chi connectivity index (χ1v) is 5.29. The summed E-state index contributed by atoms with van der Waals surface area (Å²) in [7, 11) is 1.50. The second kappa shape index (κ2) is 4.18. The minimum absolute atomic E-state index is 0.146. The van der Waals surface area contributed by atoms with Gasteiger partial charge in [0.15, 0.2) is 0 Å². The van der Waals surface area contributed by atoms with Crippen molar-refractivity contribution >= 4 is 17.5 Å². The molecule has 2 rings (SSSR count). The molecule has 1 unspecified atom stereocenters. The van der Waals surface area contributed by atoms with E-state index in [0.29, 0.717) is 12.0 Å². The van der Waals surface area contributed by atoms with Crippen molar-refractivity contribution in [3.05, 3.63) is 5.28 Å². The quantitative estimate of drug-likeness (QED) is 0.851. The summed E-state index contributed by atoms with van der Waals surface area (Å²) in [4.78, 5) is 11.8. The van der Waals surface area contributed by atoms with Gasteiger partial charge in [0.25, 0.3) is 0 Å². The molecule has 6 heteroatoms. The van der Waals surface area contributed by atoms with Gasteiger partial charge in [-0.15, -0.1) is 0 Å². The van der Waals surface area contributed by atoms with E-state index in [1.54, 1.807) is 0 Å². The van der Waals surface area contributed by atoms with E-state index in [4.69, 9.17) is 16.3 Å². The number of methoxy groups -OCH3 is 1. The lowest BCUT2D eigenvalue weighted by Gasteiger charge is -2.12. The van der Waals surface area contributed by atoms with Crippen LogP contribution in [0, 0.1) is 5.92 Å². The Morgan fingerprint density at radius 3 is 2.73 bits per heavy atom. The van der Waals surface area contributed by atoms with E-state index < -0.39 is 0 Å². The first-order chi connectivity index (χ1) is 7.19. The summed E-state index contributed by atoms with van der Waals surface area (Å²) in [5.74, 6) is 1.21. The van der Waals surface area contributed by atoms with Gasteiger partial charge in [0, 0.05) is 6.04 Å². The SMILES string of the molecule is COc1nc(Cl)nc(NC(C)C2CC2)n1. The average Bonchev–Trinajstić information content (AvgIpc) is 2.99. The Kier molecular flexibility index (Phi) is 2.90. The van der Waals surface area contributed by atoms with Crippen LogP contribution in [0.4, 0.5) is 5.95 Å². The van der Waals surface area contributed by atoms with Crippen LogP contribution in [0.1, 0.15) is 19.8 Å². The van der Waals surface area contributed by atoms with E-state index in [1.807, 2.05) is 0 Å². The van der Waals surface area contributed by atoms with Gasteiger partial charge in [-0.2, -0.15) is 15.0 Å². The standard InChI is InChI=1S/C9H13ClN4O/c1-5(6-3-4-6)11-8-12-7(10)13-9(14-8)15-2/h5-6H,3-4H2,1-2H3,(H,11,12,13,14). The van der Waals surface area contributed by atoms with Gasteiger partial charge in [-0.1, -0.05) is 0 Å². The Labute approximate surface area is 93.2 Å². The molecule has 1 saturated carbocycles. The topological polar surface area (TPSA) is 59.9 Å². The minimum atomic E-state index is 0.146. The first kappa shape index (κ1) is 10.4. The third-order valence-corrected chi connectivity index (χ3v) is 2.63. The van der Waals surface area contributed by atoms with Crippen molar-refractivity contribution in [2.75, 3.05) is 12.4 Å². The third-order valence-electron chi connectivity index (χ3n) is 2.46. The van der Waals surface area contributed by atoms with Gasteiger partial charge in [0.05, 0.1) is 7.11 Å². The molecule has 0 radical (unpaired) electrons. The van der Waals surface area contributed by atoms with Gasteiger partial charge >= 0.3 is 6.01 Å². The highest BCUT2D eigenvalue weighted by atomic mass is 35.5. The predicted molar refractivity (Wildman–Crippen MR) is 57.2 cm³/mol. The molecule has 0 aliphatic heterocycles. The second-order valence-electron chi connectivity index (χ2n) is 3.69. The largest absolute Gasteiger partial charge is 0.467 e. The predicted octanol–water partition coefficient (Wildman–Crippen LogP) is 1.74. The first-order valence-electron chi connectivity index (χ1n) is 4.91. The summed E-state index contributed by atoms with van der Waals surface area (Å²) in [6.45, 7) is 2.11. The number of nitrogens with zero attached hydrogens (tertiary/aromatic N) is 3. The van der Waals surface area contributed by atoms with Crippen LogP contribution in [0.15, 0.2) is 0 Å². The van der Waals surface area contributed by atoms with Gasteiger partial charge in [0.2, 0.25) is 11.2 Å². The molecule has 1 aliphatic carbocycles. The van der Waals surface area contributed by atoms with Crippen LogP contribution in [0.2, 0.25) is 5.28 Å². The molecule has 1 heterocycles. The van der Waals surface area contributed by atoms with Crippen molar-refractivity contribution in [3.63, 3.8) is 0 Å². The van der Waals surface area contributed by atoms with Crippen LogP contribution in [0.5, 0.6) is 6.01 Å². The molecular formula is C9H13ClN4O. The number of rotatable bonds is 4. The highest BCUT2D eigenvalue weighted by Gasteiger charge is 2.28. The van der Waals surface area contributed by atoms with Crippen LogP contribution in [0.3, 0.4) is 0 Å². The zero-order valence-electron chi connectivity index (χ0n) is 8.70. The molecule has 1 fully saturated rings. The summed E-state index contributed by atoms with van der Waals surface area (Å²) in [5, 5.41) is 3.34. The zero-order valence-corrected chi connectivity index (χ0v) is 9.45. The van der Waals surface area contributed by atoms with Crippen molar-refractivity contribution in [2.24, 2.45) is 5.92 Å². The summed E-state index contributed by atoms with van der Waals surface area (Å²) in [6, 6.07) is 0.605. The molecule has 0 bridgehead atoms. The fourth-order valence-electron chi connectivity index (χ4n) is 1.41. The van der Waals surface area contributed by atoms with Gasteiger partial charge in [0.1, 0.15) is 0 Å². The van der Waals surface area contributed by atoms with Gasteiger partial charge < -0.3 is 10.1 Å². The molecule has 15 heavy (non-hydrogen) atoms. The smallest absolute Gasteiger partial charge is 0.322 e. The number of halogens is 1. The van der Waals surface area contributed by atoms with E-state index in [1.165, 1.54) is 20.0 Å². The third kappa shape index (κ3) is 2.68. The van der Waals surface area contributed by atoms with Crippen molar-refractivity contribution in [1.82, 2.24) is 15.0 Å². The van der Waals surface area contributed by atoms with Crippen molar-refractivity contribution in [1.29, 1.82) is 0 Å². The summed E-state index contributed by atoms with van der Waals surface area (Å²) in [6.07, 6.45) is 2.54. The highest BCUT2D eigenvalue weighted by molar-refractivity contribution is 6.28. The molecule has 1 N–H and O–H groups in total. The number of aromatic nitrogens is 3. The normalized spacial score (nSPS) is 17.3. The van der Waals surface area contributed by atoms with Crippen LogP contribution in [0.25, 0.3) is 0 Å². The molecule has 0 spiro atoms. The van der Waals surface area contributed by atoms with Gasteiger partial charge in [-0.3, -0.25) is 0 Å². The Bertz CT molecular complexity index is 356. The Morgan fingerprint density at radius 2 is 2.13 bits per heavy atom. The fraction of sp³-hybridized carbons (Fsp3) is 0.667. The monoisotopic (exact) mass is 228 g/mol. The Balaban J connectivity index is 2.08. The van der Waals surface area contributed by atoms with Crippen molar-refractivity contribution < 1.29 is 4.74 Å². The van der Waals surface area contributed by atoms with Crippen LogP contribution in [-0.4, -0.2) is 28.1 Å². The van der Waals surface area contributed by atoms with E-state index in [-0.39, 0.29) is 11.3 Å². The minimum Gasteiger partial charge on any atom is -0.467 e. The molecule has 1 aromatic rings. The lowest BCUT2D eigenvalue weighted by molar-refractivity contribution is 0.378. The number of nitrogens with one attached hydrogen (secondary N) is 1. The zero-order chi connectivity index (χ0) is 10.8. The summed E-state index contributed by atoms with van der Waals surface area (Å²) in [5.41, 5.74) is 0. The lowest BCUT2D eigenvalue weighted by Crippen LogP contribution is -2.19. The van der Waals surface area contributed by atoms with Crippen LogP contribution >= 0.6 is 11.6 Å². The molecular weight excluding hydrogens is 216 g/mol. The molecule has 1 aliphatic rings. The number of anilines is 1. The van der Waals surface area contributed by atoms with E-state index in [0.717, 1.165) is 5.92 Å². The van der Waals surface area contributed by atoms with Crippen LogP contribution < -0.4 is 10.1 Å². The van der Waals surface area contributed by atoms with E-state index in [2.05, 4.69) is 27.2 Å².